The summed E-state index contributed by atoms with van der Waals surface area (Å²) >= 11 is 1.71. The number of sulfone groups is 1. The van der Waals surface area contributed by atoms with E-state index < -0.39 is 9.84 Å². The zero-order chi connectivity index (χ0) is 12.2. The number of thioether (sulfide) groups is 1. The Kier molecular flexibility index (Phi) is 5.56. The van der Waals surface area contributed by atoms with Crippen molar-refractivity contribution in [2.75, 3.05) is 30.9 Å². The molecule has 2 unspecified atom stereocenters. The molecule has 0 aliphatic carbocycles. The molecule has 1 fully saturated rings. The maximum atomic E-state index is 11.6. The van der Waals surface area contributed by atoms with Crippen molar-refractivity contribution in [1.82, 2.24) is 4.90 Å². The zero-order valence-corrected chi connectivity index (χ0v) is 11.7. The molecule has 1 rings (SSSR count). The topological polar surface area (TPSA) is 63.4 Å². The van der Waals surface area contributed by atoms with E-state index in [9.17, 15) is 8.42 Å². The number of hydrogen-bond donors (Lipinski definition) is 1. The van der Waals surface area contributed by atoms with Crippen molar-refractivity contribution in [1.29, 1.82) is 0 Å². The summed E-state index contributed by atoms with van der Waals surface area (Å²) in [7, 11) is -2.99. The van der Waals surface area contributed by atoms with Gasteiger partial charge in [-0.1, -0.05) is 13.3 Å². The van der Waals surface area contributed by atoms with Crippen molar-refractivity contribution in [3.8, 4) is 0 Å². The number of nitrogens with zero attached hydrogens (tertiary/aromatic N) is 1. The van der Waals surface area contributed by atoms with Crippen molar-refractivity contribution in [2.24, 2.45) is 5.73 Å². The van der Waals surface area contributed by atoms with E-state index in [1.54, 1.807) is 11.8 Å². The summed E-state index contributed by atoms with van der Waals surface area (Å²) in [6.45, 7) is 3.63. The Hall–Kier alpha value is 0.220. The predicted molar refractivity (Wildman–Crippen MR) is 70.4 cm³/mol. The monoisotopic (exact) mass is 266 g/mol. The molecule has 1 saturated heterocycles. The van der Waals surface area contributed by atoms with Gasteiger partial charge in [-0.25, -0.2) is 8.42 Å². The van der Waals surface area contributed by atoms with Gasteiger partial charge >= 0.3 is 0 Å². The minimum Gasteiger partial charge on any atom is -0.327 e. The second-order valence-electron chi connectivity index (χ2n) is 4.40. The first kappa shape index (κ1) is 14.3. The molecule has 0 radical (unpaired) electrons. The van der Waals surface area contributed by atoms with Gasteiger partial charge in [-0.05, 0) is 6.42 Å². The Morgan fingerprint density at radius 2 is 2.25 bits per heavy atom. The Morgan fingerprint density at radius 1 is 1.56 bits per heavy atom. The van der Waals surface area contributed by atoms with Gasteiger partial charge in [0.25, 0.3) is 0 Å². The summed E-state index contributed by atoms with van der Waals surface area (Å²) in [6.07, 6.45) is 3.33. The maximum Gasteiger partial charge on any atom is 0.164 e. The zero-order valence-electron chi connectivity index (χ0n) is 10.1. The van der Waals surface area contributed by atoms with Crippen LogP contribution in [0.5, 0.6) is 0 Å². The lowest BCUT2D eigenvalue weighted by Crippen LogP contribution is -2.51. The van der Waals surface area contributed by atoms with Crippen LogP contribution in [0.4, 0.5) is 0 Å². The maximum absolute atomic E-state index is 11.6. The molecule has 4 nitrogen and oxygen atoms in total. The van der Waals surface area contributed by atoms with Gasteiger partial charge in [0.2, 0.25) is 0 Å². The van der Waals surface area contributed by atoms with Crippen LogP contribution in [0.1, 0.15) is 19.8 Å². The lowest BCUT2D eigenvalue weighted by molar-refractivity contribution is 0.249. The third kappa shape index (κ3) is 4.24. The Labute approximate surface area is 103 Å². The van der Waals surface area contributed by atoms with Crippen molar-refractivity contribution in [2.45, 2.75) is 31.2 Å². The Morgan fingerprint density at radius 3 is 2.81 bits per heavy atom. The van der Waals surface area contributed by atoms with Gasteiger partial charge in [-0.3, -0.25) is 4.90 Å². The van der Waals surface area contributed by atoms with Crippen LogP contribution in [0.3, 0.4) is 0 Å². The lowest BCUT2D eigenvalue weighted by atomic mass is 10.1. The third-order valence-electron chi connectivity index (χ3n) is 2.81. The smallest absolute Gasteiger partial charge is 0.164 e. The van der Waals surface area contributed by atoms with Crippen LogP contribution in [-0.4, -0.2) is 55.6 Å². The minimum atomic E-state index is -2.99. The molecule has 16 heavy (non-hydrogen) atoms. The molecule has 1 aliphatic heterocycles. The largest absolute Gasteiger partial charge is 0.327 e. The normalized spacial score (nSPS) is 25.6. The van der Waals surface area contributed by atoms with Gasteiger partial charge in [0.1, 0.15) is 5.37 Å². The van der Waals surface area contributed by atoms with Crippen LogP contribution in [0.15, 0.2) is 0 Å². The van der Waals surface area contributed by atoms with E-state index in [0.717, 1.165) is 25.1 Å². The second-order valence-corrected chi connectivity index (χ2v) is 7.76. The van der Waals surface area contributed by atoms with Gasteiger partial charge in [-0.2, -0.15) is 11.8 Å². The van der Waals surface area contributed by atoms with E-state index in [-0.39, 0.29) is 11.4 Å². The molecular weight excluding hydrogens is 244 g/mol. The highest BCUT2D eigenvalue weighted by atomic mass is 32.2. The average molecular weight is 266 g/mol. The van der Waals surface area contributed by atoms with E-state index in [1.807, 2.05) is 4.90 Å². The first-order chi connectivity index (χ1) is 7.45. The molecule has 96 valence electrons. The molecule has 2 atom stereocenters. The van der Waals surface area contributed by atoms with E-state index in [2.05, 4.69) is 6.92 Å². The van der Waals surface area contributed by atoms with Crippen LogP contribution in [0.25, 0.3) is 0 Å². The molecule has 1 aliphatic rings. The molecule has 0 aromatic rings. The SMILES string of the molecule is CCCC(N)CN1CCSCC1S(C)(=O)=O. The fourth-order valence-corrected chi connectivity index (χ4v) is 4.94. The average Bonchev–Trinajstić information content (AvgIpc) is 2.17. The summed E-state index contributed by atoms with van der Waals surface area (Å²) in [4.78, 5) is 2.03. The molecule has 0 amide bonds. The van der Waals surface area contributed by atoms with Gasteiger partial charge in [-0.15, -0.1) is 0 Å². The van der Waals surface area contributed by atoms with E-state index in [4.69, 9.17) is 5.73 Å². The van der Waals surface area contributed by atoms with Gasteiger partial charge in [0, 0.05) is 36.9 Å². The van der Waals surface area contributed by atoms with Gasteiger partial charge < -0.3 is 5.73 Å². The summed E-state index contributed by atoms with van der Waals surface area (Å²) in [5, 5.41) is -0.339. The van der Waals surface area contributed by atoms with Gasteiger partial charge in [0.05, 0.1) is 0 Å². The number of nitrogens with two attached hydrogens (primary N) is 1. The summed E-state index contributed by atoms with van der Waals surface area (Å²) in [5.41, 5.74) is 5.98. The summed E-state index contributed by atoms with van der Waals surface area (Å²) in [5.74, 6) is 1.68. The molecule has 0 aromatic heterocycles. The summed E-state index contributed by atoms with van der Waals surface area (Å²) < 4.78 is 23.3. The lowest BCUT2D eigenvalue weighted by Gasteiger charge is -2.35. The molecular formula is C10H22N2O2S2. The number of rotatable bonds is 5. The first-order valence-electron chi connectivity index (χ1n) is 5.71. The van der Waals surface area contributed by atoms with Crippen molar-refractivity contribution in [3.63, 3.8) is 0 Å². The molecule has 1 heterocycles. The standard InChI is InChI=1S/C10H22N2O2S2/c1-3-4-9(11)7-12-5-6-15-8-10(12)16(2,13)14/h9-10H,3-8,11H2,1-2H3. The Balaban J connectivity index is 2.61. The van der Waals surface area contributed by atoms with Crippen molar-refractivity contribution in [3.05, 3.63) is 0 Å². The van der Waals surface area contributed by atoms with Crippen LogP contribution >= 0.6 is 11.8 Å². The van der Waals surface area contributed by atoms with E-state index in [0.29, 0.717) is 12.3 Å². The van der Waals surface area contributed by atoms with Crippen LogP contribution in [0, 0.1) is 0 Å². The highest BCUT2D eigenvalue weighted by Crippen LogP contribution is 2.20. The molecule has 0 bridgehead atoms. The molecule has 2 N–H and O–H groups in total. The van der Waals surface area contributed by atoms with Crippen LogP contribution < -0.4 is 5.73 Å². The van der Waals surface area contributed by atoms with Gasteiger partial charge in [0.15, 0.2) is 9.84 Å². The van der Waals surface area contributed by atoms with E-state index >= 15 is 0 Å². The second kappa shape index (κ2) is 6.23. The molecule has 0 aromatic carbocycles. The van der Waals surface area contributed by atoms with Crippen molar-refractivity contribution < 1.29 is 8.42 Å². The summed E-state index contributed by atoms with van der Waals surface area (Å²) in [6, 6.07) is 0.0948. The van der Waals surface area contributed by atoms with Crippen LogP contribution in [-0.2, 0) is 9.84 Å². The predicted octanol–water partition coefficient (Wildman–Crippen LogP) is 0.533. The highest BCUT2D eigenvalue weighted by Gasteiger charge is 2.31. The third-order valence-corrected chi connectivity index (χ3v) is 5.50. The van der Waals surface area contributed by atoms with E-state index in [1.165, 1.54) is 6.26 Å². The molecule has 6 heteroatoms. The molecule has 0 saturated carbocycles. The minimum absolute atomic E-state index is 0.0948. The van der Waals surface area contributed by atoms with Crippen molar-refractivity contribution >= 4 is 21.6 Å². The number of hydrogen-bond acceptors (Lipinski definition) is 5. The fourth-order valence-electron chi connectivity index (χ4n) is 1.98. The first-order valence-corrected chi connectivity index (χ1v) is 8.82. The fraction of sp³-hybridized carbons (Fsp3) is 1.00. The Bertz CT molecular complexity index is 306. The molecule has 0 spiro atoms. The van der Waals surface area contributed by atoms with Crippen LogP contribution in [0.2, 0.25) is 0 Å². The quantitative estimate of drug-likeness (QED) is 0.786. The highest BCUT2D eigenvalue weighted by molar-refractivity contribution is 8.00.